The first-order valence-electron chi connectivity index (χ1n) is 8.85. The van der Waals surface area contributed by atoms with Gasteiger partial charge in [0.15, 0.2) is 0 Å². The van der Waals surface area contributed by atoms with E-state index in [1.54, 1.807) is 41.3 Å². The van der Waals surface area contributed by atoms with Crippen molar-refractivity contribution in [3.8, 4) is 0 Å². The summed E-state index contributed by atoms with van der Waals surface area (Å²) in [4.78, 5) is 37.8. The van der Waals surface area contributed by atoms with Crippen molar-refractivity contribution in [3.63, 3.8) is 0 Å². The molecule has 7 heteroatoms. The monoisotopic (exact) mass is 396 g/mol. The Kier molecular flexibility index (Phi) is 4.88. The lowest BCUT2D eigenvalue weighted by Gasteiger charge is -2.17. The molecule has 142 valence electrons. The summed E-state index contributed by atoms with van der Waals surface area (Å²) in [6.07, 6.45) is 0.182. The Morgan fingerprint density at radius 2 is 1.89 bits per heavy atom. The number of carbonyl (C=O) groups is 2. The normalized spacial score (nSPS) is 16.5. The Morgan fingerprint density at radius 3 is 2.68 bits per heavy atom. The van der Waals surface area contributed by atoms with Crippen LogP contribution in [0.25, 0.3) is 11.0 Å². The highest BCUT2D eigenvalue weighted by Gasteiger charge is 2.34. The highest BCUT2D eigenvalue weighted by atomic mass is 35.5. The highest BCUT2D eigenvalue weighted by molar-refractivity contribution is 6.30. The lowest BCUT2D eigenvalue weighted by atomic mass is 10.1. The molecule has 1 fully saturated rings. The van der Waals surface area contributed by atoms with E-state index in [2.05, 4.69) is 5.32 Å². The SMILES string of the molecule is O=C(Nc1ccc2oc(=O)ccc2c1)C1CC(=O)N(Cc2ccc(Cl)cc2)C1. The summed E-state index contributed by atoms with van der Waals surface area (Å²) in [6.45, 7) is 0.824. The molecule has 6 nitrogen and oxygen atoms in total. The van der Waals surface area contributed by atoms with Gasteiger partial charge in [0.2, 0.25) is 11.8 Å². The molecule has 1 unspecified atom stereocenters. The van der Waals surface area contributed by atoms with Gasteiger partial charge in [-0.25, -0.2) is 4.79 Å². The molecule has 0 spiro atoms. The fraction of sp³-hybridized carbons (Fsp3) is 0.190. The molecular weight excluding hydrogens is 380 g/mol. The smallest absolute Gasteiger partial charge is 0.336 e. The molecule has 3 aromatic rings. The van der Waals surface area contributed by atoms with Crippen LogP contribution in [0.1, 0.15) is 12.0 Å². The van der Waals surface area contributed by atoms with Crippen LogP contribution >= 0.6 is 11.6 Å². The summed E-state index contributed by atoms with van der Waals surface area (Å²) >= 11 is 5.89. The van der Waals surface area contributed by atoms with Crippen molar-refractivity contribution in [2.24, 2.45) is 5.92 Å². The lowest BCUT2D eigenvalue weighted by molar-refractivity contribution is -0.128. The second kappa shape index (κ2) is 7.48. The van der Waals surface area contributed by atoms with Gasteiger partial charge in [0, 0.05) is 41.7 Å². The average molecular weight is 397 g/mol. The van der Waals surface area contributed by atoms with E-state index in [0.29, 0.717) is 34.8 Å². The minimum absolute atomic E-state index is 0.0459. The number of anilines is 1. The van der Waals surface area contributed by atoms with Gasteiger partial charge < -0.3 is 14.6 Å². The number of likely N-dealkylation sites (tertiary alicyclic amines) is 1. The van der Waals surface area contributed by atoms with Crippen LogP contribution < -0.4 is 10.9 Å². The Balaban J connectivity index is 1.42. The van der Waals surface area contributed by atoms with Crippen LogP contribution in [0, 0.1) is 5.92 Å². The summed E-state index contributed by atoms with van der Waals surface area (Å²) in [5.74, 6) is -0.664. The van der Waals surface area contributed by atoms with Gasteiger partial charge >= 0.3 is 5.63 Å². The number of benzene rings is 2. The summed E-state index contributed by atoms with van der Waals surface area (Å²) in [5.41, 5.74) is 1.59. The summed E-state index contributed by atoms with van der Waals surface area (Å²) in [5, 5.41) is 4.20. The van der Waals surface area contributed by atoms with Crippen molar-refractivity contribution in [1.29, 1.82) is 0 Å². The molecule has 28 heavy (non-hydrogen) atoms. The molecule has 0 bridgehead atoms. The Labute approximate surface area is 165 Å². The van der Waals surface area contributed by atoms with Gasteiger partial charge in [-0.05, 0) is 42.0 Å². The van der Waals surface area contributed by atoms with Crippen LogP contribution in [0.2, 0.25) is 5.02 Å². The molecule has 1 aliphatic heterocycles. The third kappa shape index (κ3) is 3.92. The maximum absolute atomic E-state index is 12.6. The van der Waals surface area contributed by atoms with E-state index >= 15 is 0 Å². The van der Waals surface area contributed by atoms with Crippen LogP contribution in [0.5, 0.6) is 0 Å². The maximum Gasteiger partial charge on any atom is 0.336 e. The molecule has 1 aromatic heterocycles. The zero-order valence-corrected chi connectivity index (χ0v) is 15.6. The summed E-state index contributed by atoms with van der Waals surface area (Å²) in [6, 6.07) is 15.3. The maximum atomic E-state index is 12.6. The van der Waals surface area contributed by atoms with Crippen molar-refractivity contribution in [3.05, 3.63) is 75.6 Å². The number of halogens is 1. The van der Waals surface area contributed by atoms with Gasteiger partial charge in [0.25, 0.3) is 0 Å². The topological polar surface area (TPSA) is 79.6 Å². The number of nitrogens with one attached hydrogen (secondary N) is 1. The highest BCUT2D eigenvalue weighted by Crippen LogP contribution is 2.24. The first kappa shape index (κ1) is 18.3. The number of hydrogen-bond donors (Lipinski definition) is 1. The number of rotatable bonds is 4. The summed E-state index contributed by atoms with van der Waals surface area (Å²) < 4.78 is 5.09. The quantitative estimate of drug-likeness (QED) is 0.685. The molecule has 2 amide bonds. The van der Waals surface area contributed by atoms with Crippen molar-refractivity contribution >= 4 is 40.1 Å². The Bertz CT molecular complexity index is 1110. The van der Waals surface area contributed by atoms with Crippen LogP contribution in [-0.2, 0) is 16.1 Å². The van der Waals surface area contributed by atoms with Crippen molar-refractivity contribution in [2.75, 3.05) is 11.9 Å². The standard InChI is InChI=1S/C21H17ClN2O4/c22-16-4-1-13(2-5-16)11-24-12-15(10-19(24)25)21(27)23-17-6-7-18-14(9-17)3-8-20(26)28-18/h1-9,15H,10-12H2,(H,23,27). The van der Waals surface area contributed by atoms with E-state index in [-0.39, 0.29) is 18.2 Å². The third-order valence-corrected chi connectivity index (χ3v) is 5.01. The van der Waals surface area contributed by atoms with Crippen LogP contribution in [-0.4, -0.2) is 23.3 Å². The first-order valence-corrected chi connectivity index (χ1v) is 9.23. The van der Waals surface area contributed by atoms with Gasteiger partial charge in [0.05, 0.1) is 5.92 Å². The van der Waals surface area contributed by atoms with Crippen molar-refractivity contribution < 1.29 is 14.0 Å². The molecule has 0 radical (unpaired) electrons. The number of amides is 2. The van der Waals surface area contributed by atoms with E-state index < -0.39 is 11.5 Å². The first-order chi connectivity index (χ1) is 13.5. The molecule has 1 saturated heterocycles. The van der Waals surface area contributed by atoms with Crippen molar-refractivity contribution in [1.82, 2.24) is 4.90 Å². The van der Waals surface area contributed by atoms with Gasteiger partial charge in [-0.1, -0.05) is 23.7 Å². The fourth-order valence-electron chi connectivity index (χ4n) is 3.30. The largest absolute Gasteiger partial charge is 0.423 e. The molecule has 1 atom stereocenters. The van der Waals surface area contributed by atoms with Gasteiger partial charge in [-0.3, -0.25) is 9.59 Å². The molecule has 2 heterocycles. The van der Waals surface area contributed by atoms with E-state index in [4.69, 9.17) is 16.0 Å². The summed E-state index contributed by atoms with van der Waals surface area (Å²) in [7, 11) is 0. The van der Waals surface area contributed by atoms with E-state index in [1.165, 1.54) is 6.07 Å². The second-order valence-corrected chi connectivity index (χ2v) is 7.23. The molecule has 4 rings (SSSR count). The molecular formula is C21H17ClN2O4. The minimum Gasteiger partial charge on any atom is -0.423 e. The molecule has 1 N–H and O–H groups in total. The second-order valence-electron chi connectivity index (χ2n) is 6.80. The molecule has 2 aromatic carbocycles. The van der Waals surface area contributed by atoms with Gasteiger partial charge in [-0.2, -0.15) is 0 Å². The minimum atomic E-state index is -0.422. The zero-order valence-electron chi connectivity index (χ0n) is 14.9. The van der Waals surface area contributed by atoms with E-state index in [1.807, 2.05) is 12.1 Å². The third-order valence-electron chi connectivity index (χ3n) is 4.76. The van der Waals surface area contributed by atoms with Crippen LogP contribution in [0.15, 0.2) is 63.8 Å². The van der Waals surface area contributed by atoms with E-state index in [0.717, 1.165) is 5.56 Å². The lowest BCUT2D eigenvalue weighted by Crippen LogP contribution is -2.28. The Morgan fingerprint density at radius 1 is 1.11 bits per heavy atom. The molecule has 0 aliphatic carbocycles. The van der Waals surface area contributed by atoms with Gasteiger partial charge in [0.1, 0.15) is 5.58 Å². The Hall–Kier alpha value is -3.12. The van der Waals surface area contributed by atoms with Crippen LogP contribution in [0.4, 0.5) is 5.69 Å². The van der Waals surface area contributed by atoms with E-state index in [9.17, 15) is 14.4 Å². The van der Waals surface area contributed by atoms with Crippen LogP contribution in [0.3, 0.4) is 0 Å². The molecule has 1 aliphatic rings. The van der Waals surface area contributed by atoms with Gasteiger partial charge in [-0.15, -0.1) is 0 Å². The fourth-order valence-corrected chi connectivity index (χ4v) is 3.43. The average Bonchev–Trinajstić information content (AvgIpc) is 3.04. The predicted octanol–water partition coefficient (Wildman–Crippen LogP) is 3.43. The number of hydrogen-bond acceptors (Lipinski definition) is 4. The van der Waals surface area contributed by atoms with Crippen molar-refractivity contribution in [2.45, 2.75) is 13.0 Å². The zero-order chi connectivity index (χ0) is 19.7. The number of fused-ring (bicyclic) bond motifs is 1. The number of nitrogens with zero attached hydrogens (tertiary/aromatic N) is 1. The molecule has 0 saturated carbocycles. The number of carbonyl (C=O) groups excluding carboxylic acids is 2. The predicted molar refractivity (Wildman–Crippen MR) is 106 cm³/mol.